The predicted molar refractivity (Wildman–Crippen MR) is 85.1 cm³/mol. The van der Waals surface area contributed by atoms with Crippen molar-refractivity contribution in [3.63, 3.8) is 0 Å². The molecule has 116 valence electrons. The molecule has 1 saturated carbocycles. The second-order valence-electron chi connectivity index (χ2n) is 6.89. The predicted octanol–water partition coefficient (Wildman–Crippen LogP) is 3.66. The summed E-state index contributed by atoms with van der Waals surface area (Å²) in [7, 11) is 0. The van der Waals surface area contributed by atoms with Gasteiger partial charge < -0.3 is 10.0 Å². The van der Waals surface area contributed by atoms with Crippen molar-refractivity contribution in [2.24, 2.45) is 5.92 Å². The molecule has 1 aliphatic carbocycles. The van der Waals surface area contributed by atoms with E-state index in [1.165, 1.54) is 38.5 Å². The molecule has 1 aliphatic heterocycles. The third-order valence-electron chi connectivity index (χ3n) is 5.16. The Morgan fingerprint density at radius 2 is 2.05 bits per heavy atom. The molecule has 4 nitrogen and oxygen atoms in total. The van der Waals surface area contributed by atoms with Crippen LogP contribution in [0.2, 0.25) is 0 Å². The largest absolute Gasteiger partial charge is 0.481 e. The van der Waals surface area contributed by atoms with E-state index in [1.54, 1.807) is 25.2 Å². The van der Waals surface area contributed by atoms with Crippen molar-refractivity contribution < 1.29 is 9.90 Å². The summed E-state index contributed by atoms with van der Waals surface area (Å²) in [5, 5.41) is 12.3. The molecule has 5 heteroatoms. The summed E-state index contributed by atoms with van der Waals surface area (Å²) in [5.74, 6) is 0.000807. The van der Waals surface area contributed by atoms with Gasteiger partial charge in [0.15, 0.2) is 5.13 Å². The molecule has 1 N–H and O–H groups in total. The highest BCUT2D eigenvalue weighted by Crippen LogP contribution is 2.39. The first-order chi connectivity index (χ1) is 10.00. The van der Waals surface area contributed by atoms with Gasteiger partial charge in [-0.25, -0.2) is 4.98 Å². The minimum Gasteiger partial charge on any atom is -0.481 e. The number of carboxylic acids is 1. The van der Waals surface area contributed by atoms with E-state index in [4.69, 9.17) is 0 Å². The lowest BCUT2D eigenvalue weighted by Gasteiger charge is -2.44. The fraction of sp³-hybridized carbons (Fsp3) is 0.750. The number of aliphatic carboxylic acids is 1. The molecule has 1 aromatic rings. The number of hydrogen-bond donors (Lipinski definition) is 1. The topological polar surface area (TPSA) is 53.4 Å². The van der Waals surface area contributed by atoms with Crippen LogP contribution >= 0.6 is 11.3 Å². The van der Waals surface area contributed by atoms with Crippen molar-refractivity contribution in [2.45, 2.75) is 63.8 Å². The number of fused-ring (bicyclic) bond motifs is 1. The number of carboxylic acid groups (broad SMARTS) is 1. The van der Waals surface area contributed by atoms with E-state index in [9.17, 15) is 9.90 Å². The Hall–Kier alpha value is -1.10. The molecule has 2 unspecified atom stereocenters. The van der Waals surface area contributed by atoms with Crippen molar-refractivity contribution in [3.8, 4) is 0 Å². The van der Waals surface area contributed by atoms with Crippen LogP contribution in [0, 0.1) is 5.92 Å². The second kappa shape index (κ2) is 5.59. The second-order valence-corrected chi connectivity index (χ2v) is 7.73. The summed E-state index contributed by atoms with van der Waals surface area (Å²) >= 11 is 1.61. The van der Waals surface area contributed by atoms with Gasteiger partial charge >= 0.3 is 5.97 Å². The first-order valence-electron chi connectivity index (χ1n) is 7.96. The summed E-state index contributed by atoms with van der Waals surface area (Å²) in [6, 6.07) is 0.624. The summed E-state index contributed by atoms with van der Waals surface area (Å²) in [4.78, 5) is 18.5. The molecular formula is C16H24N2O2S. The Bertz CT molecular complexity index is 524. The third-order valence-corrected chi connectivity index (χ3v) is 6.03. The van der Waals surface area contributed by atoms with Crippen molar-refractivity contribution in [1.29, 1.82) is 0 Å². The van der Waals surface area contributed by atoms with Crippen LogP contribution in [0.15, 0.2) is 5.38 Å². The molecule has 2 aliphatic rings. The number of thiazole rings is 1. The van der Waals surface area contributed by atoms with Crippen molar-refractivity contribution in [1.82, 2.24) is 4.98 Å². The number of nitrogens with zero attached hydrogens (tertiary/aromatic N) is 2. The van der Waals surface area contributed by atoms with Crippen LogP contribution in [0.4, 0.5) is 5.13 Å². The van der Waals surface area contributed by atoms with Gasteiger partial charge in [-0.05, 0) is 45.4 Å². The molecule has 0 amide bonds. The highest BCUT2D eigenvalue weighted by atomic mass is 32.1. The Morgan fingerprint density at radius 3 is 2.81 bits per heavy atom. The molecule has 1 aromatic heterocycles. The first-order valence-corrected chi connectivity index (χ1v) is 8.84. The minimum absolute atomic E-state index is 0.624. The smallest absolute Gasteiger partial charge is 0.315 e. The number of hydrogen-bond acceptors (Lipinski definition) is 4. The van der Waals surface area contributed by atoms with Crippen LogP contribution in [0.3, 0.4) is 0 Å². The van der Waals surface area contributed by atoms with Gasteiger partial charge in [0.2, 0.25) is 0 Å². The molecule has 21 heavy (non-hydrogen) atoms. The lowest BCUT2D eigenvalue weighted by molar-refractivity contribution is -0.142. The lowest BCUT2D eigenvalue weighted by Crippen LogP contribution is -2.47. The van der Waals surface area contributed by atoms with E-state index >= 15 is 0 Å². The Balaban J connectivity index is 1.83. The highest BCUT2D eigenvalue weighted by molar-refractivity contribution is 7.13. The first kappa shape index (κ1) is 14.8. The SMILES string of the molecule is CC(C)(C(=O)O)c1csc(N2CCCC3CCCCC32)n1. The maximum Gasteiger partial charge on any atom is 0.315 e. The number of anilines is 1. The maximum atomic E-state index is 11.4. The van der Waals surface area contributed by atoms with E-state index in [2.05, 4.69) is 9.88 Å². The third kappa shape index (κ3) is 2.68. The van der Waals surface area contributed by atoms with Gasteiger partial charge in [0.25, 0.3) is 0 Å². The fourth-order valence-corrected chi connectivity index (χ4v) is 4.73. The fourth-order valence-electron chi connectivity index (χ4n) is 3.66. The van der Waals surface area contributed by atoms with Gasteiger partial charge in [-0.15, -0.1) is 11.3 Å². The average molecular weight is 308 g/mol. The van der Waals surface area contributed by atoms with Gasteiger partial charge in [0.1, 0.15) is 5.41 Å². The van der Waals surface area contributed by atoms with Gasteiger partial charge in [-0.3, -0.25) is 4.79 Å². The lowest BCUT2D eigenvalue weighted by atomic mass is 9.78. The average Bonchev–Trinajstić information content (AvgIpc) is 2.97. The monoisotopic (exact) mass is 308 g/mol. The van der Waals surface area contributed by atoms with Crippen LogP contribution in [-0.2, 0) is 10.2 Å². The number of piperidine rings is 1. The maximum absolute atomic E-state index is 11.4. The number of rotatable bonds is 3. The molecule has 2 atom stereocenters. The standard InChI is InChI=1S/C16H24N2O2S/c1-16(2,14(19)20)13-10-21-15(17-13)18-9-5-7-11-6-3-4-8-12(11)18/h10-12H,3-9H2,1-2H3,(H,19,20). The Labute approximate surface area is 130 Å². The van der Waals surface area contributed by atoms with Gasteiger partial charge in [0, 0.05) is 18.0 Å². The zero-order valence-corrected chi connectivity index (χ0v) is 13.7. The van der Waals surface area contributed by atoms with Crippen LogP contribution < -0.4 is 4.90 Å². The van der Waals surface area contributed by atoms with Gasteiger partial charge in [-0.1, -0.05) is 12.8 Å². The molecule has 0 spiro atoms. The molecule has 0 bridgehead atoms. The van der Waals surface area contributed by atoms with Crippen molar-refractivity contribution >= 4 is 22.4 Å². The molecule has 0 aromatic carbocycles. The highest BCUT2D eigenvalue weighted by Gasteiger charge is 2.36. The summed E-state index contributed by atoms with van der Waals surface area (Å²) < 4.78 is 0. The van der Waals surface area contributed by atoms with E-state index in [-0.39, 0.29) is 0 Å². The van der Waals surface area contributed by atoms with Crippen molar-refractivity contribution in [2.75, 3.05) is 11.4 Å². The summed E-state index contributed by atoms with van der Waals surface area (Å²) in [6.07, 6.45) is 7.88. The quantitative estimate of drug-likeness (QED) is 0.926. The van der Waals surface area contributed by atoms with Gasteiger partial charge in [-0.2, -0.15) is 0 Å². The minimum atomic E-state index is -0.906. The summed E-state index contributed by atoms with van der Waals surface area (Å²) in [5.41, 5.74) is -0.218. The zero-order valence-electron chi connectivity index (χ0n) is 12.8. The zero-order chi connectivity index (χ0) is 15.0. The Morgan fingerprint density at radius 1 is 1.33 bits per heavy atom. The van der Waals surface area contributed by atoms with E-state index in [0.717, 1.165) is 17.6 Å². The molecule has 2 fully saturated rings. The molecule has 0 radical (unpaired) electrons. The molecule has 2 heterocycles. The van der Waals surface area contributed by atoms with Crippen LogP contribution in [0.1, 0.15) is 58.1 Å². The molecule has 3 rings (SSSR count). The van der Waals surface area contributed by atoms with E-state index in [0.29, 0.717) is 11.7 Å². The van der Waals surface area contributed by atoms with Crippen LogP contribution in [0.5, 0.6) is 0 Å². The van der Waals surface area contributed by atoms with Crippen LogP contribution in [-0.4, -0.2) is 28.6 Å². The molecule has 1 saturated heterocycles. The molecular weight excluding hydrogens is 284 g/mol. The van der Waals surface area contributed by atoms with Crippen molar-refractivity contribution in [3.05, 3.63) is 11.1 Å². The number of carbonyl (C=O) groups is 1. The van der Waals surface area contributed by atoms with E-state index < -0.39 is 11.4 Å². The van der Waals surface area contributed by atoms with Gasteiger partial charge in [0.05, 0.1) is 5.69 Å². The number of aromatic nitrogens is 1. The van der Waals surface area contributed by atoms with Crippen LogP contribution in [0.25, 0.3) is 0 Å². The normalized spacial score (nSPS) is 26.5. The van der Waals surface area contributed by atoms with E-state index in [1.807, 2.05) is 5.38 Å². The summed E-state index contributed by atoms with van der Waals surface area (Å²) in [6.45, 7) is 4.53. The Kier molecular flexibility index (Phi) is 3.95.